The van der Waals surface area contributed by atoms with Crippen LogP contribution in [-0.4, -0.2) is 80.2 Å². The largest absolute Gasteiger partial charge is 0.490 e. The molecule has 2 aliphatic rings. The van der Waals surface area contributed by atoms with Crippen LogP contribution < -0.4 is 4.74 Å². The first-order valence-electron chi connectivity index (χ1n) is 11.7. The monoisotopic (exact) mass is 539 g/mol. The first kappa shape index (κ1) is 26.1. The van der Waals surface area contributed by atoms with Gasteiger partial charge in [-0.1, -0.05) is 41.4 Å². The number of halogens is 2. The standard InChI is InChI=1S/C25H31Cl2N3O4S/c1-17-5-4-6-20(13-17)34-18(2)21-15-29(16-22(21)19-7-8-23(26)24(27)14-19)25(31)28-9-11-30(12-10-28)35(3,32)33/h4-8,13-14,18,21-22H,9-12,15-16H2,1-3H3. The fourth-order valence-corrected chi connectivity index (χ4v) is 6.09. The molecule has 0 spiro atoms. The first-order chi connectivity index (χ1) is 16.5. The molecule has 4 rings (SSSR count). The lowest BCUT2D eigenvalue weighted by atomic mass is 9.85. The maximum atomic E-state index is 13.4. The molecule has 2 aromatic carbocycles. The lowest BCUT2D eigenvalue weighted by Gasteiger charge is -2.35. The van der Waals surface area contributed by atoms with Crippen molar-refractivity contribution in [3.63, 3.8) is 0 Å². The summed E-state index contributed by atoms with van der Waals surface area (Å²) in [6.07, 6.45) is 1.05. The fourth-order valence-electron chi connectivity index (χ4n) is 4.96. The number of amides is 2. The molecular weight excluding hydrogens is 509 g/mol. The minimum atomic E-state index is -3.26. The van der Waals surface area contributed by atoms with E-state index >= 15 is 0 Å². The molecule has 0 bridgehead atoms. The smallest absolute Gasteiger partial charge is 0.320 e. The predicted molar refractivity (Wildman–Crippen MR) is 139 cm³/mol. The van der Waals surface area contributed by atoms with Gasteiger partial charge in [-0.15, -0.1) is 0 Å². The summed E-state index contributed by atoms with van der Waals surface area (Å²) in [4.78, 5) is 17.0. The van der Waals surface area contributed by atoms with Gasteiger partial charge in [0.1, 0.15) is 11.9 Å². The maximum Gasteiger partial charge on any atom is 0.320 e. The molecule has 0 N–H and O–H groups in total. The second-order valence-electron chi connectivity index (χ2n) is 9.42. The summed E-state index contributed by atoms with van der Waals surface area (Å²) < 4.78 is 31.4. The number of nitrogens with zero attached hydrogens (tertiary/aromatic N) is 3. The number of rotatable bonds is 5. The van der Waals surface area contributed by atoms with E-state index in [4.69, 9.17) is 27.9 Å². The number of ether oxygens (including phenoxy) is 1. The van der Waals surface area contributed by atoms with Crippen molar-refractivity contribution in [1.82, 2.24) is 14.1 Å². The quantitative estimate of drug-likeness (QED) is 0.561. The summed E-state index contributed by atoms with van der Waals surface area (Å²) in [5, 5.41) is 0.975. The Balaban J connectivity index is 1.53. The number of hydrogen-bond acceptors (Lipinski definition) is 4. The Morgan fingerprint density at radius 3 is 2.34 bits per heavy atom. The number of aryl methyl sites for hydroxylation is 1. The van der Waals surface area contributed by atoms with Gasteiger partial charge < -0.3 is 14.5 Å². The van der Waals surface area contributed by atoms with E-state index in [0.717, 1.165) is 16.9 Å². The summed E-state index contributed by atoms with van der Waals surface area (Å²) >= 11 is 12.5. The molecule has 35 heavy (non-hydrogen) atoms. The number of piperazine rings is 1. The van der Waals surface area contributed by atoms with Gasteiger partial charge in [-0.3, -0.25) is 0 Å². The van der Waals surface area contributed by atoms with E-state index in [9.17, 15) is 13.2 Å². The van der Waals surface area contributed by atoms with Crippen molar-refractivity contribution >= 4 is 39.3 Å². The molecule has 0 aromatic heterocycles. The third-order valence-electron chi connectivity index (χ3n) is 6.90. The Hall–Kier alpha value is -2.00. The van der Waals surface area contributed by atoms with Crippen LogP contribution in [0, 0.1) is 12.8 Å². The summed E-state index contributed by atoms with van der Waals surface area (Å²) in [7, 11) is -3.26. The molecular formula is C25H31Cl2N3O4S. The van der Waals surface area contributed by atoms with Crippen molar-refractivity contribution in [2.45, 2.75) is 25.9 Å². The van der Waals surface area contributed by atoms with Crippen molar-refractivity contribution in [3.05, 3.63) is 63.6 Å². The Kier molecular flexibility index (Phi) is 7.86. The zero-order chi connectivity index (χ0) is 25.3. The summed E-state index contributed by atoms with van der Waals surface area (Å²) in [5.74, 6) is 0.854. The molecule has 2 fully saturated rings. The zero-order valence-electron chi connectivity index (χ0n) is 20.2. The van der Waals surface area contributed by atoms with E-state index in [-0.39, 0.29) is 24.0 Å². The van der Waals surface area contributed by atoms with E-state index in [1.165, 1.54) is 10.6 Å². The number of likely N-dealkylation sites (tertiary alicyclic amines) is 1. The number of urea groups is 1. The van der Waals surface area contributed by atoms with Gasteiger partial charge in [0.05, 0.1) is 16.3 Å². The summed E-state index contributed by atoms with van der Waals surface area (Å²) in [6, 6.07) is 13.5. The van der Waals surface area contributed by atoms with Crippen molar-refractivity contribution in [2.24, 2.45) is 5.92 Å². The molecule has 0 aliphatic carbocycles. The average Bonchev–Trinajstić information content (AvgIpc) is 3.26. The molecule has 0 saturated carbocycles. The molecule has 3 atom stereocenters. The molecule has 2 aromatic rings. The Bertz CT molecular complexity index is 1180. The van der Waals surface area contributed by atoms with Gasteiger partial charge in [0.2, 0.25) is 10.0 Å². The third kappa shape index (κ3) is 6.05. The number of sulfonamides is 1. The highest BCUT2D eigenvalue weighted by Crippen LogP contribution is 2.39. The van der Waals surface area contributed by atoms with Crippen LogP contribution in [-0.2, 0) is 10.0 Å². The lowest BCUT2D eigenvalue weighted by molar-refractivity contribution is 0.129. The summed E-state index contributed by atoms with van der Waals surface area (Å²) in [6.45, 7) is 6.49. The molecule has 2 amide bonds. The van der Waals surface area contributed by atoms with Crippen LogP contribution in [0.15, 0.2) is 42.5 Å². The second-order valence-corrected chi connectivity index (χ2v) is 12.2. The minimum Gasteiger partial charge on any atom is -0.490 e. The number of carbonyl (C=O) groups excluding carboxylic acids is 1. The number of hydrogen-bond donors (Lipinski definition) is 0. The molecule has 2 saturated heterocycles. The van der Waals surface area contributed by atoms with Crippen LogP contribution in [0.4, 0.5) is 4.79 Å². The van der Waals surface area contributed by atoms with Crippen molar-refractivity contribution < 1.29 is 17.9 Å². The topological polar surface area (TPSA) is 70.2 Å². The van der Waals surface area contributed by atoms with E-state index in [2.05, 4.69) is 0 Å². The van der Waals surface area contributed by atoms with E-state index in [1.54, 1.807) is 11.0 Å². The minimum absolute atomic E-state index is 0.0193. The second kappa shape index (κ2) is 10.5. The van der Waals surface area contributed by atoms with Gasteiger partial charge in [-0.25, -0.2) is 13.2 Å². The van der Waals surface area contributed by atoms with Crippen molar-refractivity contribution in [3.8, 4) is 5.75 Å². The van der Waals surface area contributed by atoms with Crippen molar-refractivity contribution in [2.75, 3.05) is 45.5 Å². The van der Waals surface area contributed by atoms with Gasteiger partial charge in [0, 0.05) is 51.1 Å². The summed E-state index contributed by atoms with van der Waals surface area (Å²) in [5.41, 5.74) is 2.13. The Morgan fingerprint density at radius 2 is 1.71 bits per heavy atom. The highest BCUT2D eigenvalue weighted by atomic mass is 35.5. The fraction of sp³-hybridized carbons (Fsp3) is 0.480. The average molecular weight is 541 g/mol. The van der Waals surface area contributed by atoms with E-state index in [0.29, 0.717) is 49.3 Å². The molecule has 3 unspecified atom stereocenters. The first-order valence-corrected chi connectivity index (χ1v) is 14.3. The van der Waals surface area contributed by atoms with Crippen LogP contribution in [0.5, 0.6) is 5.75 Å². The van der Waals surface area contributed by atoms with Gasteiger partial charge >= 0.3 is 6.03 Å². The molecule has 2 heterocycles. The van der Waals surface area contributed by atoms with Gasteiger partial charge in [-0.05, 0) is 49.2 Å². The van der Waals surface area contributed by atoms with Crippen LogP contribution in [0.3, 0.4) is 0 Å². The molecule has 2 aliphatic heterocycles. The predicted octanol–water partition coefficient (Wildman–Crippen LogP) is 4.48. The van der Waals surface area contributed by atoms with Crippen LogP contribution in [0.2, 0.25) is 10.0 Å². The van der Waals surface area contributed by atoms with Crippen molar-refractivity contribution in [1.29, 1.82) is 0 Å². The number of carbonyl (C=O) groups is 1. The number of benzene rings is 2. The van der Waals surface area contributed by atoms with Gasteiger partial charge in [-0.2, -0.15) is 4.31 Å². The van der Waals surface area contributed by atoms with E-state index in [1.807, 2.05) is 55.1 Å². The van der Waals surface area contributed by atoms with E-state index < -0.39 is 10.0 Å². The Morgan fingerprint density at radius 1 is 1.00 bits per heavy atom. The molecule has 190 valence electrons. The van der Waals surface area contributed by atoms with Crippen LogP contribution >= 0.6 is 23.2 Å². The van der Waals surface area contributed by atoms with Crippen LogP contribution in [0.25, 0.3) is 0 Å². The Labute approximate surface area is 217 Å². The van der Waals surface area contributed by atoms with Gasteiger partial charge in [0.15, 0.2) is 0 Å². The molecule has 0 radical (unpaired) electrons. The molecule has 10 heteroatoms. The molecule has 7 nitrogen and oxygen atoms in total. The SMILES string of the molecule is Cc1cccc(OC(C)C2CN(C(=O)N3CCN(S(C)(=O)=O)CC3)CC2c2ccc(Cl)c(Cl)c2)c1. The lowest BCUT2D eigenvalue weighted by Crippen LogP contribution is -2.53. The highest BCUT2D eigenvalue weighted by molar-refractivity contribution is 7.88. The zero-order valence-corrected chi connectivity index (χ0v) is 22.5. The highest BCUT2D eigenvalue weighted by Gasteiger charge is 2.42. The normalized spacial score (nSPS) is 22.3. The third-order valence-corrected chi connectivity index (χ3v) is 8.94. The van der Waals surface area contributed by atoms with Crippen LogP contribution in [0.1, 0.15) is 24.0 Å². The van der Waals surface area contributed by atoms with Gasteiger partial charge in [0.25, 0.3) is 0 Å². The maximum absolute atomic E-state index is 13.4.